The molecule has 0 bridgehead atoms. The number of hydrogen-bond acceptors (Lipinski definition) is 3. The number of thiophene rings is 2. The molecule has 326 valence electrons. The van der Waals surface area contributed by atoms with Gasteiger partial charge in [-0.15, -0.1) is 22.7 Å². The van der Waals surface area contributed by atoms with Crippen molar-refractivity contribution in [2.75, 3.05) is 0 Å². The van der Waals surface area contributed by atoms with Crippen LogP contribution < -0.4 is 0 Å². The molecule has 13 aromatic rings. The molecule has 68 heavy (non-hydrogen) atoms. The van der Waals surface area contributed by atoms with Gasteiger partial charge in [0.2, 0.25) is 0 Å². The van der Waals surface area contributed by atoms with E-state index in [1.54, 1.807) is 46.9 Å². The second-order valence-corrected chi connectivity index (χ2v) is 19.0. The summed E-state index contributed by atoms with van der Waals surface area (Å²) in [5.41, 5.74) is 2.69. The molecule has 0 unspecified atom stereocenters. The summed E-state index contributed by atoms with van der Waals surface area (Å²) < 4.78 is 96.3. The third-order valence-electron chi connectivity index (χ3n) is 13.2. The Morgan fingerprint density at radius 2 is 0.926 bits per heavy atom. The SMILES string of the molecule is N#Cc1ccc(-n2c3ccccc3c3c4sc5ccccc5c4ccc32)c(-c2cc(-n3c4ccccc4c4c5sc6ccccc6c5ccc43)ccc2-c2cc(C(F)(F)F)cc(C(F)(F)F)c2)c1. The number of aromatic nitrogens is 2. The van der Waals surface area contributed by atoms with Gasteiger partial charge in [-0.1, -0.05) is 91.0 Å². The van der Waals surface area contributed by atoms with Gasteiger partial charge in [-0.3, -0.25) is 0 Å². The molecule has 0 saturated carbocycles. The van der Waals surface area contributed by atoms with E-state index in [0.717, 1.165) is 96.1 Å². The van der Waals surface area contributed by atoms with Gasteiger partial charge in [0.05, 0.1) is 50.5 Å². The lowest BCUT2D eigenvalue weighted by molar-refractivity contribution is -0.143. The fourth-order valence-corrected chi connectivity index (χ4v) is 12.8. The maximum Gasteiger partial charge on any atom is 0.416 e. The van der Waals surface area contributed by atoms with Gasteiger partial charge in [0.25, 0.3) is 0 Å². The summed E-state index contributed by atoms with van der Waals surface area (Å²) in [6.45, 7) is 0. The molecule has 3 nitrogen and oxygen atoms in total. The summed E-state index contributed by atoms with van der Waals surface area (Å²) in [6.07, 6.45) is -10.2. The van der Waals surface area contributed by atoms with Crippen LogP contribution >= 0.6 is 22.7 Å². The lowest BCUT2D eigenvalue weighted by Crippen LogP contribution is -2.11. The van der Waals surface area contributed by atoms with E-state index in [1.807, 2.05) is 72.8 Å². The molecule has 0 saturated heterocycles. The predicted octanol–water partition coefficient (Wildman–Crippen LogP) is 17.9. The van der Waals surface area contributed by atoms with E-state index in [2.05, 4.69) is 75.9 Å². The molecule has 0 spiro atoms. The topological polar surface area (TPSA) is 33.6 Å². The van der Waals surface area contributed by atoms with Crippen molar-refractivity contribution in [2.24, 2.45) is 0 Å². The molecule has 0 fully saturated rings. The van der Waals surface area contributed by atoms with Crippen molar-refractivity contribution in [3.8, 4) is 39.7 Å². The van der Waals surface area contributed by atoms with Crippen LogP contribution in [0.15, 0.2) is 176 Å². The van der Waals surface area contributed by atoms with Crippen molar-refractivity contribution in [3.05, 3.63) is 193 Å². The van der Waals surface area contributed by atoms with Crippen LogP contribution in [0.4, 0.5) is 26.3 Å². The van der Waals surface area contributed by atoms with Crippen molar-refractivity contribution < 1.29 is 26.3 Å². The predicted molar refractivity (Wildman–Crippen MR) is 266 cm³/mol. The number of hydrogen-bond donors (Lipinski definition) is 0. The van der Waals surface area contributed by atoms with E-state index in [-0.39, 0.29) is 22.8 Å². The van der Waals surface area contributed by atoms with Crippen molar-refractivity contribution in [2.45, 2.75) is 12.4 Å². The molecule has 9 aromatic carbocycles. The Bertz CT molecular complexity index is 4300. The molecule has 0 aliphatic carbocycles. The number of benzene rings is 9. The van der Waals surface area contributed by atoms with E-state index in [0.29, 0.717) is 22.5 Å². The largest absolute Gasteiger partial charge is 0.416 e. The number of halogens is 6. The fraction of sp³-hybridized carbons (Fsp3) is 0.0351. The van der Waals surface area contributed by atoms with Gasteiger partial charge in [-0.05, 0) is 102 Å². The summed E-state index contributed by atoms with van der Waals surface area (Å²) >= 11 is 3.39. The molecule has 0 aliphatic heterocycles. The average Bonchev–Trinajstić information content (AvgIpc) is 4.10. The Labute approximate surface area is 390 Å². The van der Waals surface area contributed by atoms with Crippen LogP contribution in [0, 0.1) is 11.3 Å². The molecule has 0 amide bonds. The lowest BCUT2D eigenvalue weighted by atomic mass is 9.90. The number of nitrogens with zero attached hydrogens (tertiary/aromatic N) is 3. The molecule has 4 aromatic heterocycles. The second kappa shape index (κ2) is 14.5. The first kappa shape index (κ1) is 40.4. The highest BCUT2D eigenvalue weighted by Crippen LogP contribution is 2.49. The Balaban J connectivity index is 1.15. The Hall–Kier alpha value is -7.91. The van der Waals surface area contributed by atoms with E-state index in [1.165, 1.54) is 0 Å². The van der Waals surface area contributed by atoms with Crippen LogP contribution in [0.25, 0.3) is 118 Å². The zero-order valence-electron chi connectivity index (χ0n) is 35.2. The summed E-state index contributed by atoms with van der Waals surface area (Å²) in [5.74, 6) is 0. The normalized spacial score (nSPS) is 12.5. The minimum Gasteiger partial charge on any atom is -0.309 e. The smallest absolute Gasteiger partial charge is 0.309 e. The third-order valence-corrected chi connectivity index (χ3v) is 15.6. The molecule has 0 atom stereocenters. The Kier molecular flexibility index (Phi) is 8.63. The number of nitriles is 1. The van der Waals surface area contributed by atoms with E-state index >= 15 is 0 Å². The van der Waals surface area contributed by atoms with Gasteiger partial charge in [0, 0.05) is 73.1 Å². The highest BCUT2D eigenvalue weighted by Gasteiger charge is 2.37. The van der Waals surface area contributed by atoms with Gasteiger partial charge in [0.15, 0.2) is 0 Å². The molecular weight excluding hydrogens is 905 g/mol. The van der Waals surface area contributed by atoms with Gasteiger partial charge in [-0.2, -0.15) is 31.6 Å². The van der Waals surface area contributed by atoms with E-state index in [9.17, 15) is 31.6 Å². The fourth-order valence-electron chi connectivity index (χ4n) is 10.3. The lowest BCUT2D eigenvalue weighted by Gasteiger charge is -2.21. The zero-order chi connectivity index (χ0) is 46.2. The Morgan fingerprint density at radius 1 is 0.412 bits per heavy atom. The van der Waals surface area contributed by atoms with Gasteiger partial charge < -0.3 is 9.13 Å². The zero-order valence-corrected chi connectivity index (χ0v) is 36.8. The summed E-state index contributed by atoms with van der Waals surface area (Å²) in [5, 5.41) is 18.9. The van der Waals surface area contributed by atoms with E-state index < -0.39 is 23.5 Å². The molecular formula is C57H29F6N3S2. The first-order valence-corrected chi connectivity index (χ1v) is 23.2. The van der Waals surface area contributed by atoms with Crippen molar-refractivity contribution in [3.63, 3.8) is 0 Å². The standard InChI is InChI=1S/C57H29F6N3S2/c58-56(59,60)33-26-32(27-34(28-33)57(61,62)63)36-19-18-35(65-45-13-5-1-11-41(45)52-48(65)23-20-39-37-9-3-7-15-50(37)67-54(39)52)29-43(36)44-25-31(30-64)17-22-47(44)66-46-14-6-2-12-42(46)53-49(66)24-21-40-38-10-4-8-16-51(38)68-55(40)53/h1-29H. The molecule has 0 N–H and O–H groups in total. The van der Waals surface area contributed by atoms with Crippen molar-refractivity contribution in [1.29, 1.82) is 5.26 Å². The first-order valence-electron chi connectivity index (χ1n) is 21.6. The first-order chi connectivity index (χ1) is 32.9. The summed E-state index contributed by atoms with van der Waals surface area (Å²) in [7, 11) is 0. The number of fused-ring (bicyclic) bond motifs is 14. The van der Waals surface area contributed by atoms with Crippen molar-refractivity contribution in [1.82, 2.24) is 9.13 Å². The van der Waals surface area contributed by atoms with Crippen LogP contribution in [0.2, 0.25) is 0 Å². The van der Waals surface area contributed by atoms with Gasteiger partial charge in [-0.25, -0.2) is 0 Å². The molecule has 13 rings (SSSR count). The van der Waals surface area contributed by atoms with Crippen molar-refractivity contribution >= 4 is 107 Å². The third kappa shape index (κ3) is 5.97. The van der Waals surface area contributed by atoms with Crippen LogP contribution in [-0.2, 0) is 12.4 Å². The molecule has 4 heterocycles. The second-order valence-electron chi connectivity index (χ2n) is 16.9. The molecule has 11 heteroatoms. The van der Waals surface area contributed by atoms with Crippen LogP contribution in [-0.4, -0.2) is 9.13 Å². The van der Waals surface area contributed by atoms with Gasteiger partial charge in [0.1, 0.15) is 0 Å². The Morgan fingerprint density at radius 3 is 1.49 bits per heavy atom. The number of para-hydroxylation sites is 2. The average molecular weight is 934 g/mol. The minimum absolute atomic E-state index is 0.127. The van der Waals surface area contributed by atoms with Gasteiger partial charge >= 0.3 is 12.4 Å². The monoisotopic (exact) mass is 933 g/mol. The number of rotatable bonds is 4. The number of alkyl halides is 6. The molecule has 0 radical (unpaired) electrons. The van der Waals surface area contributed by atoms with Crippen LogP contribution in [0.1, 0.15) is 16.7 Å². The van der Waals surface area contributed by atoms with Crippen LogP contribution in [0.5, 0.6) is 0 Å². The summed E-state index contributed by atoms with van der Waals surface area (Å²) in [6, 6.07) is 55.1. The summed E-state index contributed by atoms with van der Waals surface area (Å²) in [4.78, 5) is 0. The minimum atomic E-state index is -5.08. The molecule has 0 aliphatic rings. The van der Waals surface area contributed by atoms with Crippen LogP contribution in [0.3, 0.4) is 0 Å². The quantitative estimate of drug-likeness (QED) is 0.162. The van der Waals surface area contributed by atoms with E-state index in [4.69, 9.17) is 0 Å². The maximum atomic E-state index is 14.6. The highest BCUT2D eigenvalue weighted by molar-refractivity contribution is 7.27. The highest BCUT2D eigenvalue weighted by atomic mass is 32.1. The maximum absolute atomic E-state index is 14.6.